The summed E-state index contributed by atoms with van der Waals surface area (Å²) in [6.45, 7) is 8.81. The highest BCUT2D eigenvalue weighted by atomic mass is 16.7. The topological polar surface area (TPSA) is 51.2 Å². The second-order valence-corrected chi connectivity index (χ2v) is 10.8. The predicted molar refractivity (Wildman–Crippen MR) is 105 cm³/mol. The summed E-state index contributed by atoms with van der Waals surface area (Å²) >= 11 is 0. The summed E-state index contributed by atoms with van der Waals surface area (Å²) in [6.07, 6.45) is 11.9. The third-order valence-electron chi connectivity index (χ3n) is 9.81. The molecule has 2 saturated heterocycles. The first kappa shape index (κ1) is 18.1. The SMILES string of the molecule is CC(C1OCCO1)[C@H]1CC[C@H]2[C@@H]3C=CC4=CC(O)C5OC5[C@]4(C)[C@H]3CC[C@]12C. The molecule has 4 fully saturated rings. The first-order chi connectivity index (χ1) is 13.4. The number of ether oxygens (including phenoxy) is 3. The Morgan fingerprint density at radius 1 is 1.11 bits per heavy atom. The van der Waals surface area contributed by atoms with Crippen LogP contribution in [0.5, 0.6) is 0 Å². The maximum atomic E-state index is 10.3. The molecule has 2 aliphatic heterocycles. The average molecular weight is 387 g/mol. The zero-order chi connectivity index (χ0) is 19.3. The molecule has 4 nitrogen and oxygen atoms in total. The first-order valence-corrected chi connectivity index (χ1v) is 11.4. The van der Waals surface area contributed by atoms with E-state index in [0.29, 0.717) is 29.1 Å². The second kappa shape index (κ2) is 5.94. The van der Waals surface area contributed by atoms with Gasteiger partial charge in [0.25, 0.3) is 0 Å². The Morgan fingerprint density at radius 3 is 2.68 bits per heavy atom. The summed E-state index contributed by atoms with van der Waals surface area (Å²) in [5.41, 5.74) is 1.77. The molecule has 2 heterocycles. The largest absolute Gasteiger partial charge is 0.386 e. The second-order valence-electron chi connectivity index (χ2n) is 10.8. The molecule has 4 aliphatic carbocycles. The van der Waals surface area contributed by atoms with E-state index in [0.717, 1.165) is 19.1 Å². The van der Waals surface area contributed by atoms with Crippen LogP contribution < -0.4 is 0 Å². The van der Waals surface area contributed by atoms with E-state index in [9.17, 15) is 5.11 Å². The zero-order valence-electron chi connectivity index (χ0n) is 17.3. The van der Waals surface area contributed by atoms with E-state index in [1.54, 1.807) is 0 Å². The summed E-state index contributed by atoms with van der Waals surface area (Å²) in [6, 6.07) is 0. The van der Waals surface area contributed by atoms with Crippen molar-refractivity contribution in [2.24, 2.45) is 40.4 Å². The summed E-state index contributed by atoms with van der Waals surface area (Å²) in [4.78, 5) is 0. The van der Waals surface area contributed by atoms with Crippen molar-refractivity contribution in [3.8, 4) is 0 Å². The van der Waals surface area contributed by atoms with Gasteiger partial charge in [-0.1, -0.05) is 32.9 Å². The van der Waals surface area contributed by atoms with Gasteiger partial charge in [0.1, 0.15) is 12.2 Å². The van der Waals surface area contributed by atoms with E-state index in [1.807, 2.05) is 0 Å². The van der Waals surface area contributed by atoms with Crippen LogP contribution in [0.2, 0.25) is 0 Å². The van der Waals surface area contributed by atoms with E-state index in [-0.39, 0.29) is 23.9 Å². The van der Waals surface area contributed by atoms with Gasteiger partial charge in [-0.3, -0.25) is 0 Å². The van der Waals surface area contributed by atoms with E-state index >= 15 is 0 Å². The Labute approximate surface area is 168 Å². The summed E-state index contributed by atoms with van der Waals surface area (Å²) in [7, 11) is 0. The fraction of sp³-hybridized carbons (Fsp3) is 0.833. The molecule has 28 heavy (non-hydrogen) atoms. The Balaban J connectivity index is 1.31. The van der Waals surface area contributed by atoms with Gasteiger partial charge in [-0.05, 0) is 66.4 Å². The van der Waals surface area contributed by atoms with Gasteiger partial charge >= 0.3 is 0 Å². The van der Waals surface area contributed by atoms with Crippen molar-refractivity contribution in [2.75, 3.05) is 13.2 Å². The number of rotatable bonds is 2. The summed E-state index contributed by atoms with van der Waals surface area (Å²) < 4.78 is 17.8. The number of hydrogen-bond acceptors (Lipinski definition) is 4. The van der Waals surface area contributed by atoms with Crippen LogP contribution in [-0.2, 0) is 14.2 Å². The molecule has 0 amide bonds. The number of allylic oxidation sites excluding steroid dienone is 2. The van der Waals surface area contributed by atoms with Crippen molar-refractivity contribution in [3.63, 3.8) is 0 Å². The molecular formula is C24H34O4. The summed E-state index contributed by atoms with van der Waals surface area (Å²) in [5, 5.41) is 10.3. The van der Waals surface area contributed by atoms with Crippen molar-refractivity contribution in [2.45, 2.75) is 71.1 Å². The lowest BCUT2D eigenvalue weighted by Crippen LogP contribution is -2.52. The third-order valence-corrected chi connectivity index (χ3v) is 9.81. The standard InChI is InChI=1S/C24H34O4/c1-13(22-26-10-11-27-22)16-6-7-17-15-5-4-14-12-19(25)20-21(28-20)24(14,3)18(15)8-9-23(16,17)2/h4-5,12-13,15-22,25H,6-11H2,1-3H3/t13?,15-,16+,17-,18-,19?,20?,21?,23+,24-/m0/s1. The van der Waals surface area contributed by atoms with Gasteiger partial charge in [0.05, 0.1) is 19.3 Å². The normalized spacial score (nSPS) is 55.7. The van der Waals surface area contributed by atoms with Crippen LogP contribution in [0.3, 0.4) is 0 Å². The van der Waals surface area contributed by atoms with Crippen molar-refractivity contribution in [1.82, 2.24) is 0 Å². The monoisotopic (exact) mass is 386 g/mol. The van der Waals surface area contributed by atoms with Gasteiger partial charge < -0.3 is 19.3 Å². The van der Waals surface area contributed by atoms with Crippen molar-refractivity contribution >= 4 is 0 Å². The highest BCUT2D eigenvalue weighted by Gasteiger charge is 2.66. The maximum absolute atomic E-state index is 10.3. The molecule has 6 aliphatic rings. The van der Waals surface area contributed by atoms with Crippen LogP contribution in [0.15, 0.2) is 23.8 Å². The molecule has 2 saturated carbocycles. The van der Waals surface area contributed by atoms with Gasteiger partial charge in [0.2, 0.25) is 0 Å². The van der Waals surface area contributed by atoms with E-state index in [1.165, 1.54) is 31.3 Å². The first-order valence-electron chi connectivity index (χ1n) is 11.4. The Bertz CT molecular complexity index is 724. The predicted octanol–water partition coefficient (Wildman–Crippen LogP) is 3.70. The molecule has 0 aromatic heterocycles. The highest BCUT2D eigenvalue weighted by molar-refractivity contribution is 5.41. The molecule has 0 aromatic rings. The van der Waals surface area contributed by atoms with Crippen LogP contribution in [-0.4, -0.2) is 42.9 Å². The fourth-order valence-corrected chi connectivity index (χ4v) is 8.30. The Hall–Kier alpha value is -0.680. The molecule has 0 spiro atoms. The van der Waals surface area contributed by atoms with Gasteiger partial charge in [0, 0.05) is 11.3 Å². The van der Waals surface area contributed by atoms with Crippen LogP contribution in [0, 0.1) is 40.4 Å². The molecule has 0 bridgehead atoms. The smallest absolute Gasteiger partial charge is 0.160 e. The number of fused-ring (bicyclic) bond motifs is 7. The maximum Gasteiger partial charge on any atom is 0.160 e. The highest BCUT2D eigenvalue weighted by Crippen LogP contribution is 2.68. The molecule has 154 valence electrons. The number of epoxide rings is 1. The van der Waals surface area contributed by atoms with E-state index in [4.69, 9.17) is 14.2 Å². The van der Waals surface area contributed by atoms with E-state index < -0.39 is 6.10 Å². The Morgan fingerprint density at radius 2 is 1.89 bits per heavy atom. The lowest BCUT2D eigenvalue weighted by Gasteiger charge is -2.56. The van der Waals surface area contributed by atoms with Gasteiger partial charge in [0.15, 0.2) is 6.29 Å². The van der Waals surface area contributed by atoms with E-state index in [2.05, 4.69) is 39.0 Å². The van der Waals surface area contributed by atoms with Gasteiger partial charge in [-0.15, -0.1) is 0 Å². The molecule has 4 unspecified atom stereocenters. The van der Waals surface area contributed by atoms with Crippen LogP contribution in [0.25, 0.3) is 0 Å². The van der Waals surface area contributed by atoms with Crippen molar-refractivity contribution in [3.05, 3.63) is 23.8 Å². The number of aliphatic hydroxyl groups excluding tert-OH is 1. The number of hydrogen-bond donors (Lipinski definition) is 1. The van der Waals surface area contributed by atoms with Gasteiger partial charge in [-0.2, -0.15) is 0 Å². The minimum Gasteiger partial charge on any atom is -0.386 e. The molecule has 10 atom stereocenters. The van der Waals surface area contributed by atoms with Crippen LogP contribution >= 0.6 is 0 Å². The van der Waals surface area contributed by atoms with Crippen LogP contribution in [0.1, 0.15) is 46.5 Å². The average Bonchev–Trinajstić information content (AvgIpc) is 3.17. The molecule has 4 heteroatoms. The minimum atomic E-state index is -0.425. The van der Waals surface area contributed by atoms with Crippen molar-refractivity contribution in [1.29, 1.82) is 0 Å². The molecule has 0 radical (unpaired) electrons. The molecule has 1 N–H and O–H groups in total. The lowest BCUT2D eigenvalue weighted by atomic mass is 9.48. The Kier molecular flexibility index (Phi) is 3.84. The molecule has 0 aromatic carbocycles. The minimum absolute atomic E-state index is 0.00676. The fourth-order valence-electron chi connectivity index (χ4n) is 8.30. The van der Waals surface area contributed by atoms with Crippen LogP contribution in [0.4, 0.5) is 0 Å². The third kappa shape index (κ3) is 2.21. The number of aliphatic hydroxyl groups is 1. The quantitative estimate of drug-likeness (QED) is 0.735. The van der Waals surface area contributed by atoms with Crippen molar-refractivity contribution < 1.29 is 19.3 Å². The van der Waals surface area contributed by atoms with Gasteiger partial charge in [-0.25, -0.2) is 0 Å². The zero-order valence-corrected chi connectivity index (χ0v) is 17.3. The summed E-state index contributed by atoms with van der Waals surface area (Å²) in [5.74, 6) is 3.14. The molecular weight excluding hydrogens is 352 g/mol. The molecule has 6 rings (SSSR count). The lowest BCUT2D eigenvalue weighted by molar-refractivity contribution is -0.119.